The molecule has 92 valence electrons. The number of allylic oxidation sites excluding steroid dienone is 6. The number of benzene rings is 1. The van der Waals surface area contributed by atoms with Crippen LogP contribution in [0.4, 0.5) is 0 Å². The molecule has 0 saturated heterocycles. The van der Waals surface area contributed by atoms with Crippen molar-refractivity contribution in [1.82, 2.24) is 0 Å². The minimum atomic E-state index is 0.119. The van der Waals surface area contributed by atoms with Crippen molar-refractivity contribution < 1.29 is 4.79 Å². The number of ketones is 1. The number of halogens is 1. The molecular formula is C17H11ClO. The van der Waals surface area contributed by atoms with Crippen LogP contribution in [0.3, 0.4) is 0 Å². The maximum atomic E-state index is 12.1. The molecule has 3 aliphatic carbocycles. The summed E-state index contributed by atoms with van der Waals surface area (Å²) in [5, 5.41) is 3.06. The predicted octanol–water partition coefficient (Wildman–Crippen LogP) is 2.38. The highest BCUT2D eigenvalue weighted by molar-refractivity contribution is 6.31. The van der Waals surface area contributed by atoms with Crippen LogP contribution in [-0.4, -0.2) is 5.78 Å². The Bertz CT molecular complexity index is 835. The van der Waals surface area contributed by atoms with Crippen LogP contribution in [0.25, 0.3) is 11.6 Å². The van der Waals surface area contributed by atoms with Crippen molar-refractivity contribution in [2.45, 2.75) is 12.8 Å². The van der Waals surface area contributed by atoms with Crippen molar-refractivity contribution in [2.24, 2.45) is 0 Å². The molecule has 3 aliphatic rings. The van der Waals surface area contributed by atoms with Gasteiger partial charge in [0.2, 0.25) is 0 Å². The van der Waals surface area contributed by atoms with Crippen molar-refractivity contribution in [2.75, 3.05) is 0 Å². The number of hydrogen-bond donors (Lipinski definition) is 0. The van der Waals surface area contributed by atoms with Gasteiger partial charge in [0, 0.05) is 10.6 Å². The van der Waals surface area contributed by atoms with Crippen LogP contribution < -0.4 is 10.4 Å². The third-order valence-electron chi connectivity index (χ3n) is 4.01. The lowest BCUT2D eigenvalue weighted by Crippen LogP contribution is -2.24. The SMILES string of the molecule is O=C1C=CC=c2ccc3c(c21)CC1=CC(Cl)=CCC=31. The van der Waals surface area contributed by atoms with E-state index >= 15 is 0 Å². The van der Waals surface area contributed by atoms with E-state index in [4.69, 9.17) is 11.6 Å². The Morgan fingerprint density at radius 3 is 3.00 bits per heavy atom. The summed E-state index contributed by atoms with van der Waals surface area (Å²) in [6, 6.07) is 4.19. The molecule has 0 spiro atoms. The number of carbonyl (C=O) groups excluding carboxylic acids is 1. The van der Waals surface area contributed by atoms with Gasteiger partial charge in [-0.25, -0.2) is 0 Å². The van der Waals surface area contributed by atoms with Gasteiger partial charge in [-0.1, -0.05) is 42.0 Å². The highest BCUT2D eigenvalue weighted by Gasteiger charge is 2.24. The molecule has 0 heterocycles. The second kappa shape index (κ2) is 3.82. The molecule has 0 atom stereocenters. The first kappa shape index (κ1) is 11.0. The maximum absolute atomic E-state index is 12.1. The molecule has 0 fully saturated rings. The van der Waals surface area contributed by atoms with Crippen molar-refractivity contribution in [3.8, 4) is 0 Å². The Kier molecular flexibility index (Phi) is 2.21. The lowest BCUT2D eigenvalue weighted by Gasteiger charge is -2.08. The van der Waals surface area contributed by atoms with Crippen LogP contribution in [0.5, 0.6) is 0 Å². The summed E-state index contributed by atoms with van der Waals surface area (Å²) in [6.07, 6.45) is 11.2. The molecule has 0 N–H and O–H groups in total. The second-order valence-corrected chi connectivity index (χ2v) is 5.50. The van der Waals surface area contributed by atoms with Gasteiger partial charge in [-0.2, -0.15) is 0 Å². The highest BCUT2D eigenvalue weighted by Crippen LogP contribution is 2.32. The average molecular weight is 267 g/mol. The van der Waals surface area contributed by atoms with Gasteiger partial charge in [0.15, 0.2) is 5.78 Å². The first-order chi connectivity index (χ1) is 9.24. The van der Waals surface area contributed by atoms with E-state index in [0.29, 0.717) is 0 Å². The molecule has 0 unspecified atom stereocenters. The van der Waals surface area contributed by atoms with Crippen LogP contribution in [0.15, 0.2) is 47.0 Å². The zero-order valence-corrected chi connectivity index (χ0v) is 11.0. The fourth-order valence-corrected chi connectivity index (χ4v) is 3.37. The summed E-state index contributed by atoms with van der Waals surface area (Å²) in [6.45, 7) is 0. The van der Waals surface area contributed by atoms with Crippen LogP contribution in [0.1, 0.15) is 22.3 Å². The van der Waals surface area contributed by atoms with Gasteiger partial charge < -0.3 is 0 Å². The molecule has 1 aromatic carbocycles. The normalized spacial score (nSPS) is 19.2. The van der Waals surface area contributed by atoms with Gasteiger partial charge >= 0.3 is 0 Å². The lowest BCUT2D eigenvalue weighted by molar-refractivity contribution is 0.104. The summed E-state index contributed by atoms with van der Waals surface area (Å²) in [5.41, 5.74) is 4.63. The van der Waals surface area contributed by atoms with E-state index < -0.39 is 0 Å². The van der Waals surface area contributed by atoms with Gasteiger partial charge in [0.25, 0.3) is 0 Å². The number of fused-ring (bicyclic) bond motifs is 4. The number of carbonyl (C=O) groups is 1. The molecule has 2 heteroatoms. The quantitative estimate of drug-likeness (QED) is 0.705. The van der Waals surface area contributed by atoms with Crippen molar-refractivity contribution in [3.05, 3.63) is 68.6 Å². The molecule has 4 rings (SSSR count). The van der Waals surface area contributed by atoms with E-state index in [-0.39, 0.29) is 5.78 Å². The van der Waals surface area contributed by atoms with Gasteiger partial charge in [-0.3, -0.25) is 4.79 Å². The number of rotatable bonds is 0. The fourth-order valence-electron chi connectivity index (χ4n) is 3.16. The molecule has 1 nitrogen and oxygen atoms in total. The predicted molar refractivity (Wildman–Crippen MR) is 77.4 cm³/mol. The zero-order valence-electron chi connectivity index (χ0n) is 10.2. The minimum Gasteiger partial charge on any atom is -0.289 e. The average Bonchev–Trinajstić information content (AvgIpc) is 2.76. The van der Waals surface area contributed by atoms with Crippen molar-refractivity contribution in [1.29, 1.82) is 0 Å². The van der Waals surface area contributed by atoms with Gasteiger partial charge in [-0.15, -0.1) is 0 Å². The molecule has 0 amide bonds. The number of hydrogen-bond acceptors (Lipinski definition) is 1. The first-order valence-electron chi connectivity index (χ1n) is 6.38. The Morgan fingerprint density at radius 2 is 2.11 bits per heavy atom. The van der Waals surface area contributed by atoms with E-state index in [1.165, 1.54) is 21.9 Å². The van der Waals surface area contributed by atoms with E-state index in [1.54, 1.807) is 6.08 Å². The van der Waals surface area contributed by atoms with Crippen LogP contribution in [0, 0.1) is 0 Å². The molecule has 0 saturated carbocycles. The Hall–Kier alpha value is -1.86. The lowest BCUT2D eigenvalue weighted by atomic mass is 9.95. The minimum absolute atomic E-state index is 0.119. The molecule has 19 heavy (non-hydrogen) atoms. The third-order valence-corrected chi connectivity index (χ3v) is 4.27. The smallest absolute Gasteiger partial charge is 0.186 e. The molecule has 0 aromatic heterocycles. The zero-order chi connectivity index (χ0) is 13.0. The second-order valence-electron chi connectivity index (χ2n) is 5.06. The molecule has 0 aliphatic heterocycles. The summed E-state index contributed by atoms with van der Waals surface area (Å²) in [7, 11) is 0. The van der Waals surface area contributed by atoms with Crippen molar-refractivity contribution >= 4 is 29.0 Å². The maximum Gasteiger partial charge on any atom is 0.186 e. The molecule has 0 bridgehead atoms. The Labute approximate surface area is 115 Å². The van der Waals surface area contributed by atoms with E-state index in [9.17, 15) is 4.79 Å². The first-order valence-corrected chi connectivity index (χ1v) is 6.76. The summed E-state index contributed by atoms with van der Waals surface area (Å²) in [4.78, 5) is 12.1. The van der Waals surface area contributed by atoms with Crippen LogP contribution >= 0.6 is 11.6 Å². The Balaban J connectivity index is 2.05. The van der Waals surface area contributed by atoms with E-state index in [2.05, 4.69) is 6.07 Å². The highest BCUT2D eigenvalue weighted by atomic mass is 35.5. The summed E-state index contributed by atoms with van der Waals surface area (Å²) < 4.78 is 0. The molecule has 0 radical (unpaired) electrons. The van der Waals surface area contributed by atoms with E-state index in [0.717, 1.165) is 28.7 Å². The van der Waals surface area contributed by atoms with Crippen LogP contribution in [-0.2, 0) is 6.42 Å². The molecular weight excluding hydrogens is 256 g/mol. The van der Waals surface area contributed by atoms with Crippen molar-refractivity contribution in [3.63, 3.8) is 0 Å². The standard InChI is InChI=1S/C17H11ClO/c18-12-5-7-13-11(8-12)9-15-14(13)6-4-10-2-1-3-16(19)17(10)15/h1-6,8H,7,9H2. The largest absolute Gasteiger partial charge is 0.289 e. The topological polar surface area (TPSA) is 17.1 Å². The summed E-state index contributed by atoms with van der Waals surface area (Å²) in [5.74, 6) is 0.119. The Morgan fingerprint density at radius 1 is 1.21 bits per heavy atom. The van der Waals surface area contributed by atoms with Gasteiger partial charge in [0.05, 0.1) is 0 Å². The van der Waals surface area contributed by atoms with Gasteiger partial charge in [0.1, 0.15) is 0 Å². The molecule has 1 aromatic rings. The fraction of sp³-hybridized carbons (Fsp3) is 0.118. The van der Waals surface area contributed by atoms with E-state index in [1.807, 2.05) is 30.4 Å². The van der Waals surface area contributed by atoms with Gasteiger partial charge in [-0.05, 0) is 52.1 Å². The monoisotopic (exact) mass is 266 g/mol. The van der Waals surface area contributed by atoms with Crippen LogP contribution in [0.2, 0.25) is 0 Å². The summed E-state index contributed by atoms with van der Waals surface area (Å²) >= 11 is 6.09. The third kappa shape index (κ3) is 1.52.